The van der Waals surface area contributed by atoms with Gasteiger partial charge < -0.3 is 9.30 Å². The molecular weight excluding hydrogens is 188 g/mol. The minimum Gasteiger partial charge on any atom is -0.467 e. The van der Waals surface area contributed by atoms with E-state index in [0.29, 0.717) is 12.9 Å². The van der Waals surface area contributed by atoms with Crippen LogP contribution in [0.3, 0.4) is 0 Å². The van der Waals surface area contributed by atoms with Gasteiger partial charge in [0.15, 0.2) is 0 Å². The van der Waals surface area contributed by atoms with Crippen molar-refractivity contribution in [3.8, 4) is 0 Å². The van der Waals surface area contributed by atoms with Crippen molar-refractivity contribution in [2.24, 2.45) is 7.05 Å². The largest absolute Gasteiger partial charge is 0.467 e. The highest BCUT2D eigenvalue weighted by atomic mass is 16.6. The van der Waals surface area contributed by atoms with Crippen LogP contribution in [-0.2, 0) is 23.0 Å². The molecule has 1 heterocycles. The highest BCUT2D eigenvalue weighted by Crippen LogP contribution is 2.15. The Labute approximate surface area is 80.2 Å². The zero-order chi connectivity index (χ0) is 10.6. The van der Waals surface area contributed by atoms with Crippen LogP contribution in [0.2, 0.25) is 0 Å². The number of nitrogens with zero attached hydrogens (tertiary/aromatic N) is 2. The molecule has 0 saturated carbocycles. The quantitative estimate of drug-likeness (QED) is 0.301. The van der Waals surface area contributed by atoms with Gasteiger partial charge in [0, 0.05) is 25.2 Å². The molecule has 0 aliphatic heterocycles. The van der Waals surface area contributed by atoms with Crippen molar-refractivity contribution in [3.05, 3.63) is 28.1 Å². The van der Waals surface area contributed by atoms with Gasteiger partial charge >= 0.3 is 0 Å². The molecule has 0 aliphatic rings. The van der Waals surface area contributed by atoms with Crippen molar-refractivity contribution in [2.45, 2.75) is 6.42 Å². The van der Waals surface area contributed by atoms with Crippen LogP contribution >= 0.6 is 0 Å². The molecule has 6 heteroatoms. The summed E-state index contributed by atoms with van der Waals surface area (Å²) in [4.78, 5) is 19.8. The predicted octanol–water partition coefficient (Wildman–Crippen LogP) is 0.649. The van der Waals surface area contributed by atoms with Crippen molar-refractivity contribution in [1.82, 2.24) is 4.57 Å². The maximum absolute atomic E-state index is 10.4. The molecule has 0 bridgehead atoms. The van der Waals surface area contributed by atoms with Gasteiger partial charge in [0.2, 0.25) is 0 Å². The van der Waals surface area contributed by atoms with Gasteiger partial charge in [-0.15, -0.1) is 0 Å². The van der Waals surface area contributed by atoms with Crippen molar-refractivity contribution in [1.29, 1.82) is 0 Å². The van der Waals surface area contributed by atoms with Gasteiger partial charge in [-0.05, 0) is 0 Å². The Morgan fingerprint density at radius 2 is 2.43 bits per heavy atom. The first-order valence-electron chi connectivity index (χ1n) is 4.00. The molecule has 0 fully saturated rings. The predicted molar refractivity (Wildman–Crippen MR) is 47.8 cm³/mol. The van der Waals surface area contributed by atoms with Gasteiger partial charge in [0.25, 0.3) is 12.2 Å². The fraction of sp³-hybridized carbons (Fsp3) is 0.375. The minimum absolute atomic E-state index is 0.0496. The number of aromatic nitrogens is 1. The highest BCUT2D eigenvalue weighted by molar-refractivity contribution is 5.37. The molecule has 14 heavy (non-hydrogen) atoms. The van der Waals surface area contributed by atoms with Crippen LogP contribution in [0, 0.1) is 10.1 Å². The Balaban J connectivity index is 2.67. The summed E-state index contributed by atoms with van der Waals surface area (Å²) in [7, 11) is 1.71. The monoisotopic (exact) mass is 198 g/mol. The molecule has 1 aromatic heterocycles. The fourth-order valence-corrected chi connectivity index (χ4v) is 1.15. The molecule has 76 valence electrons. The standard InChI is InChI=1S/C8H10N2O4/c1-9-5-8(10(12)13)4-7(9)2-3-14-6-11/h4-6H,2-3H2,1H3. The molecule has 0 aromatic carbocycles. The average Bonchev–Trinajstić information content (AvgIpc) is 2.49. The molecule has 0 atom stereocenters. The van der Waals surface area contributed by atoms with Gasteiger partial charge in [-0.1, -0.05) is 0 Å². The number of hydrogen-bond acceptors (Lipinski definition) is 4. The van der Waals surface area contributed by atoms with E-state index in [1.807, 2.05) is 0 Å². The molecule has 1 rings (SSSR count). The normalized spacial score (nSPS) is 9.79. The molecule has 0 aliphatic carbocycles. The van der Waals surface area contributed by atoms with Gasteiger partial charge in [-0.2, -0.15) is 0 Å². The summed E-state index contributed by atoms with van der Waals surface area (Å²) >= 11 is 0. The lowest BCUT2D eigenvalue weighted by Crippen LogP contribution is -2.01. The molecule has 0 saturated heterocycles. The molecule has 0 radical (unpaired) electrons. The molecule has 0 unspecified atom stereocenters. The van der Waals surface area contributed by atoms with Crippen molar-refractivity contribution in [3.63, 3.8) is 0 Å². The fourth-order valence-electron chi connectivity index (χ4n) is 1.15. The second-order valence-electron chi connectivity index (χ2n) is 2.77. The second-order valence-corrected chi connectivity index (χ2v) is 2.77. The molecule has 6 nitrogen and oxygen atoms in total. The van der Waals surface area contributed by atoms with Gasteiger partial charge in [-0.3, -0.25) is 14.9 Å². The Hall–Kier alpha value is -1.85. The van der Waals surface area contributed by atoms with Gasteiger partial charge in [0.05, 0.1) is 17.7 Å². The lowest BCUT2D eigenvalue weighted by Gasteiger charge is -1.99. The van der Waals surface area contributed by atoms with E-state index < -0.39 is 4.92 Å². The topological polar surface area (TPSA) is 74.4 Å². The number of aryl methyl sites for hydroxylation is 1. The Kier molecular flexibility index (Phi) is 3.22. The van der Waals surface area contributed by atoms with Crippen molar-refractivity contribution >= 4 is 12.2 Å². The van der Waals surface area contributed by atoms with Crippen LogP contribution in [0.5, 0.6) is 0 Å². The zero-order valence-electron chi connectivity index (χ0n) is 7.67. The van der Waals surface area contributed by atoms with Crippen LogP contribution in [0.25, 0.3) is 0 Å². The average molecular weight is 198 g/mol. The first-order chi connectivity index (χ1) is 6.65. The van der Waals surface area contributed by atoms with Gasteiger partial charge in [0.1, 0.15) is 0 Å². The second kappa shape index (κ2) is 4.40. The summed E-state index contributed by atoms with van der Waals surface area (Å²) in [6.45, 7) is 0.593. The lowest BCUT2D eigenvalue weighted by atomic mass is 10.3. The van der Waals surface area contributed by atoms with Crippen LogP contribution in [0.1, 0.15) is 5.69 Å². The number of carbonyl (C=O) groups excluding carboxylic acids is 1. The van der Waals surface area contributed by atoms with Gasteiger partial charge in [-0.25, -0.2) is 0 Å². The van der Waals surface area contributed by atoms with E-state index in [4.69, 9.17) is 0 Å². The summed E-state index contributed by atoms with van der Waals surface area (Å²) in [5.41, 5.74) is 0.812. The molecular formula is C8H10N2O4. The highest BCUT2D eigenvalue weighted by Gasteiger charge is 2.11. The Morgan fingerprint density at radius 1 is 1.71 bits per heavy atom. The summed E-state index contributed by atoms with van der Waals surface area (Å²) in [6, 6.07) is 1.47. The summed E-state index contributed by atoms with van der Waals surface area (Å²) in [6.07, 6.45) is 1.90. The maximum Gasteiger partial charge on any atom is 0.293 e. The van der Waals surface area contributed by atoms with Crippen LogP contribution in [0.15, 0.2) is 12.3 Å². The number of nitro groups is 1. The molecule has 1 aromatic rings. The Morgan fingerprint density at radius 3 is 2.93 bits per heavy atom. The van der Waals surface area contributed by atoms with E-state index in [1.165, 1.54) is 12.3 Å². The minimum atomic E-state index is -0.454. The Bertz CT molecular complexity index is 345. The lowest BCUT2D eigenvalue weighted by molar-refractivity contribution is -0.384. The van der Waals surface area contributed by atoms with E-state index in [9.17, 15) is 14.9 Å². The van der Waals surface area contributed by atoms with Crippen molar-refractivity contribution < 1.29 is 14.5 Å². The number of rotatable bonds is 5. The third-order valence-corrected chi connectivity index (χ3v) is 1.85. The first-order valence-corrected chi connectivity index (χ1v) is 4.00. The van der Waals surface area contributed by atoms with E-state index in [0.717, 1.165) is 5.69 Å². The third-order valence-electron chi connectivity index (χ3n) is 1.85. The number of ether oxygens (including phenoxy) is 1. The molecule has 0 amide bonds. The van der Waals surface area contributed by atoms with Crippen LogP contribution in [-0.4, -0.2) is 22.6 Å². The maximum atomic E-state index is 10.4. The third kappa shape index (κ3) is 2.32. The summed E-state index contributed by atoms with van der Waals surface area (Å²) in [5.74, 6) is 0. The van der Waals surface area contributed by atoms with Crippen LogP contribution < -0.4 is 0 Å². The zero-order valence-corrected chi connectivity index (χ0v) is 7.67. The number of hydrogen-bond donors (Lipinski definition) is 0. The summed E-state index contributed by atoms with van der Waals surface area (Å²) < 4.78 is 6.14. The SMILES string of the molecule is Cn1cc([N+](=O)[O-])cc1CCOC=O. The smallest absolute Gasteiger partial charge is 0.293 e. The van der Waals surface area contributed by atoms with Crippen molar-refractivity contribution in [2.75, 3.05) is 6.61 Å². The van der Waals surface area contributed by atoms with E-state index in [1.54, 1.807) is 11.6 Å². The molecule has 0 spiro atoms. The van der Waals surface area contributed by atoms with Crippen LogP contribution in [0.4, 0.5) is 5.69 Å². The number of carbonyl (C=O) groups is 1. The van der Waals surface area contributed by atoms with E-state index in [-0.39, 0.29) is 12.3 Å². The van der Waals surface area contributed by atoms with E-state index >= 15 is 0 Å². The first kappa shape index (κ1) is 10.2. The molecule has 0 N–H and O–H groups in total. The van der Waals surface area contributed by atoms with E-state index in [2.05, 4.69) is 4.74 Å². The summed E-state index contributed by atoms with van der Waals surface area (Å²) in [5, 5.41) is 10.4.